The summed E-state index contributed by atoms with van der Waals surface area (Å²) < 4.78 is 17.8. The van der Waals surface area contributed by atoms with Crippen LogP contribution in [0.5, 0.6) is 17.2 Å². The Hall–Kier alpha value is -2.50. The fourth-order valence-corrected chi connectivity index (χ4v) is 3.46. The molecule has 0 unspecified atom stereocenters. The molecule has 0 saturated carbocycles. The predicted octanol–water partition coefficient (Wildman–Crippen LogP) is 5.64. The van der Waals surface area contributed by atoms with Crippen molar-refractivity contribution in [3.8, 4) is 17.2 Å². The third-order valence-corrected chi connectivity index (χ3v) is 5.52. The van der Waals surface area contributed by atoms with Crippen molar-refractivity contribution in [3.05, 3.63) is 87.4 Å². The highest BCUT2D eigenvalue weighted by Crippen LogP contribution is 2.34. The summed E-state index contributed by atoms with van der Waals surface area (Å²) in [4.78, 5) is 0. The lowest BCUT2D eigenvalue weighted by atomic mass is 10.1. The number of halogens is 1. The van der Waals surface area contributed by atoms with Gasteiger partial charge in [0.25, 0.3) is 0 Å². The van der Waals surface area contributed by atoms with Gasteiger partial charge in [-0.2, -0.15) is 0 Å². The van der Waals surface area contributed by atoms with Gasteiger partial charge in [0, 0.05) is 17.6 Å². The Morgan fingerprint density at radius 2 is 1.59 bits per heavy atom. The first kappa shape index (κ1) is 21.2. The van der Waals surface area contributed by atoms with Crippen LogP contribution in [0.15, 0.2) is 65.1 Å². The summed E-state index contributed by atoms with van der Waals surface area (Å²) in [5.74, 6) is 2.31. The minimum Gasteiger partial charge on any atom is -0.497 e. The molecule has 3 rings (SSSR count). The van der Waals surface area contributed by atoms with Crippen LogP contribution in [-0.4, -0.2) is 14.2 Å². The van der Waals surface area contributed by atoms with E-state index < -0.39 is 0 Å². The lowest BCUT2D eigenvalue weighted by molar-refractivity contribution is 0.283. The molecule has 5 heteroatoms. The van der Waals surface area contributed by atoms with E-state index in [1.807, 2.05) is 36.4 Å². The molecule has 0 bridgehead atoms. The highest BCUT2D eigenvalue weighted by atomic mass is 79.9. The number of nitrogens with one attached hydrogen (secondary N) is 1. The quantitative estimate of drug-likeness (QED) is 0.452. The van der Waals surface area contributed by atoms with Crippen molar-refractivity contribution in [1.82, 2.24) is 5.32 Å². The molecule has 0 atom stereocenters. The molecule has 0 saturated heterocycles. The van der Waals surface area contributed by atoms with E-state index in [-0.39, 0.29) is 0 Å². The second kappa shape index (κ2) is 10.3. The summed E-state index contributed by atoms with van der Waals surface area (Å²) in [6.45, 7) is 4.07. The van der Waals surface area contributed by atoms with Crippen molar-refractivity contribution < 1.29 is 14.2 Å². The average Bonchev–Trinajstić information content (AvgIpc) is 2.75. The molecule has 0 heterocycles. The fraction of sp³-hybridized carbons (Fsp3) is 0.250. The fourth-order valence-electron chi connectivity index (χ4n) is 3.00. The molecule has 0 aliphatic rings. The normalized spacial score (nSPS) is 10.6. The third kappa shape index (κ3) is 5.75. The van der Waals surface area contributed by atoms with Crippen LogP contribution < -0.4 is 19.5 Å². The Bertz CT molecular complexity index is 941. The molecule has 0 spiro atoms. The Balaban J connectivity index is 1.63. The summed E-state index contributed by atoms with van der Waals surface area (Å²) in [5, 5.41) is 3.47. The van der Waals surface area contributed by atoms with Crippen molar-refractivity contribution in [1.29, 1.82) is 0 Å². The molecular formula is C24H26BrNO3. The molecule has 0 amide bonds. The number of aryl methyl sites for hydroxylation is 1. The third-order valence-electron chi connectivity index (χ3n) is 4.78. The van der Waals surface area contributed by atoms with Gasteiger partial charge in [-0.25, -0.2) is 0 Å². The number of rotatable bonds is 9. The van der Waals surface area contributed by atoms with Crippen molar-refractivity contribution in [3.63, 3.8) is 0 Å². The van der Waals surface area contributed by atoms with Gasteiger partial charge >= 0.3 is 0 Å². The van der Waals surface area contributed by atoms with E-state index in [2.05, 4.69) is 52.4 Å². The lowest BCUT2D eigenvalue weighted by Gasteiger charge is -2.15. The van der Waals surface area contributed by atoms with Crippen LogP contribution in [0.1, 0.15) is 22.3 Å². The second-order valence-electron chi connectivity index (χ2n) is 6.76. The van der Waals surface area contributed by atoms with Crippen molar-refractivity contribution in [2.75, 3.05) is 14.2 Å². The van der Waals surface area contributed by atoms with Gasteiger partial charge in [0.2, 0.25) is 0 Å². The van der Waals surface area contributed by atoms with E-state index in [1.54, 1.807) is 14.2 Å². The highest BCUT2D eigenvalue weighted by molar-refractivity contribution is 9.10. The van der Waals surface area contributed by atoms with Crippen LogP contribution in [0.3, 0.4) is 0 Å². The Labute approximate surface area is 180 Å². The molecule has 4 nitrogen and oxygen atoms in total. The maximum absolute atomic E-state index is 6.04. The molecular weight excluding hydrogens is 430 g/mol. The molecule has 0 aromatic heterocycles. The molecule has 0 fully saturated rings. The summed E-state index contributed by atoms with van der Waals surface area (Å²) in [7, 11) is 3.34. The van der Waals surface area contributed by atoms with E-state index in [0.29, 0.717) is 13.2 Å². The SMILES string of the molecule is COc1ccc(CNCc2cc(OC)c(OCc3ccccc3C)cc2Br)cc1. The second-order valence-corrected chi connectivity index (χ2v) is 7.62. The molecule has 3 aromatic carbocycles. The van der Waals surface area contributed by atoms with Crippen molar-refractivity contribution in [2.24, 2.45) is 0 Å². The molecule has 0 aliphatic heterocycles. The summed E-state index contributed by atoms with van der Waals surface area (Å²) in [6, 6.07) is 20.3. The molecule has 3 aromatic rings. The molecule has 0 radical (unpaired) electrons. The van der Waals surface area contributed by atoms with E-state index in [0.717, 1.165) is 39.4 Å². The first-order valence-corrected chi connectivity index (χ1v) is 10.3. The Morgan fingerprint density at radius 3 is 2.28 bits per heavy atom. The van der Waals surface area contributed by atoms with Gasteiger partial charge < -0.3 is 19.5 Å². The van der Waals surface area contributed by atoms with Crippen LogP contribution in [-0.2, 0) is 19.7 Å². The maximum atomic E-state index is 6.04. The van der Waals surface area contributed by atoms with Gasteiger partial charge in [-0.1, -0.05) is 52.3 Å². The monoisotopic (exact) mass is 455 g/mol. The number of hydrogen-bond donors (Lipinski definition) is 1. The lowest BCUT2D eigenvalue weighted by Crippen LogP contribution is -2.13. The average molecular weight is 456 g/mol. The van der Waals surface area contributed by atoms with Crippen LogP contribution in [0.2, 0.25) is 0 Å². The predicted molar refractivity (Wildman–Crippen MR) is 120 cm³/mol. The van der Waals surface area contributed by atoms with Gasteiger partial charge in [0.1, 0.15) is 12.4 Å². The zero-order chi connectivity index (χ0) is 20.6. The number of hydrogen-bond acceptors (Lipinski definition) is 4. The number of benzene rings is 3. The molecule has 0 aliphatic carbocycles. The minimum atomic E-state index is 0.505. The Morgan fingerprint density at radius 1 is 0.828 bits per heavy atom. The topological polar surface area (TPSA) is 39.7 Å². The van der Waals surface area contributed by atoms with Gasteiger partial charge in [-0.15, -0.1) is 0 Å². The van der Waals surface area contributed by atoms with Crippen LogP contribution in [0.4, 0.5) is 0 Å². The van der Waals surface area contributed by atoms with Crippen LogP contribution >= 0.6 is 15.9 Å². The van der Waals surface area contributed by atoms with Crippen LogP contribution in [0, 0.1) is 6.92 Å². The van der Waals surface area contributed by atoms with Crippen molar-refractivity contribution >= 4 is 15.9 Å². The van der Waals surface area contributed by atoms with E-state index in [4.69, 9.17) is 14.2 Å². The summed E-state index contributed by atoms with van der Waals surface area (Å²) in [6.07, 6.45) is 0. The van der Waals surface area contributed by atoms with Gasteiger partial charge in [-0.05, 0) is 53.4 Å². The summed E-state index contributed by atoms with van der Waals surface area (Å²) in [5.41, 5.74) is 4.69. The zero-order valence-electron chi connectivity index (χ0n) is 17.0. The van der Waals surface area contributed by atoms with Gasteiger partial charge in [-0.3, -0.25) is 0 Å². The zero-order valence-corrected chi connectivity index (χ0v) is 18.6. The highest BCUT2D eigenvalue weighted by Gasteiger charge is 2.11. The first-order valence-electron chi connectivity index (χ1n) is 9.48. The summed E-state index contributed by atoms with van der Waals surface area (Å²) >= 11 is 3.66. The van der Waals surface area contributed by atoms with E-state index in [1.165, 1.54) is 11.1 Å². The van der Waals surface area contributed by atoms with Gasteiger partial charge in [0.05, 0.1) is 14.2 Å². The van der Waals surface area contributed by atoms with E-state index in [9.17, 15) is 0 Å². The largest absolute Gasteiger partial charge is 0.497 e. The number of ether oxygens (including phenoxy) is 3. The van der Waals surface area contributed by atoms with E-state index >= 15 is 0 Å². The molecule has 1 N–H and O–H groups in total. The smallest absolute Gasteiger partial charge is 0.162 e. The molecule has 152 valence electrons. The van der Waals surface area contributed by atoms with Crippen LogP contribution in [0.25, 0.3) is 0 Å². The minimum absolute atomic E-state index is 0.505. The maximum Gasteiger partial charge on any atom is 0.162 e. The number of methoxy groups -OCH3 is 2. The Kier molecular flexibility index (Phi) is 7.55. The first-order chi connectivity index (χ1) is 14.1. The standard InChI is InChI=1S/C24H26BrNO3/c1-17-6-4-5-7-19(17)16-29-24-13-22(25)20(12-23(24)28-3)15-26-14-18-8-10-21(27-2)11-9-18/h4-13,26H,14-16H2,1-3H3. The molecule has 29 heavy (non-hydrogen) atoms. The van der Waals surface area contributed by atoms with Crippen molar-refractivity contribution in [2.45, 2.75) is 26.6 Å². The van der Waals surface area contributed by atoms with Gasteiger partial charge in [0.15, 0.2) is 11.5 Å².